The lowest BCUT2D eigenvalue weighted by atomic mass is 10.1. The predicted molar refractivity (Wildman–Crippen MR) is 104 cm³/mol. The lowest BCUT2D eigenvalue weighted by Gasteiger charge is -2.11. The predicted octanol–water partition coefficient (Wildman–Crippen LogP) is 2.56. The number of anilines is 1. The normalized spacial score (nSPS) is 12.4. The zero-order chi connectivity index (χ0) is 19.2. The first-order valence-corrected chi connectivity index (χ1v) is 8.73. The zero-order valence-electron chi connectivity index (χ0n) is 15.3. The van der Waals surface area contributed by atoms with E-state index in [1.165, 1.54) is 0 Å². The molecule has 3 aromatic rings. The van der Waals surface area contributed by atoms with Gasteiger partial charge in [0.05, 0.1) is 24.0 Å². The second-order valence-electron chi connectivity index (χ2n) is 6.05. The minimum atomic E-state index is -0.269. The number of fused-ring (bicyclic) bond motifs is 1. The second kappa shape index (κ2) is 8.31. The number of nitrogen functional groups attached to an aromatic ring is 1. The molecule has 140 valence electrons. The number of aromatic nitrogens is 4. The van der Waals surface area contributed by atoms with Gasteiger partial charge in [-0.15, -0.1) is 0 Å². The summed E-state index contributed by atoms with van der Waals surface area (Å²) in [6.45, 7) is 4.34. The highest BCUT2D eigenvalue weighted by Crippen LogP contribution is 2.26. The van der Waals surface area contributed by atoms with Crippen LogP contribution in [0.15, 0.2) is 36.8 Å². The lowest BCUT2D eigenvalue weighted by Crippen LogP contribution is -2.32. The number of rotatable bonds is 7. The van der Waals surface area contributed by atoms with Crippen LogP contribution in [0.5, 0.6) is 5.75 Å². The highest BCUT2D eigenvalue weighted by atomic mass is 16.5. The molecule has 8 heteroatoms. The number of pyridine rings is 2. The Morgan fingerprint density at radius 3 is 3.07 bits per heavy atom. The Labute approximate surface area is 156 Å². The third-order valence-corrected chi connectivity index (χ3v) is 3.88. The number of carbonyl (C=O) groups excluding carboxylic acids is 1. The maximum absolute atomic E-state index is 12.3. The molecule has 0 aliphatic carbocycles. The molecule has 4 N–H and O–H groups in total. The highest BCUT2D eigenvalue weighted by Gasteiger charge is 2.14. The van der Waals surface area contributed by atoms with Crippen LogP contribution < -0.4 is 15.8 Å². The molecule has 0 aliphatic heterocycles. The number of hydrogen-bond donors (Lipinski definition) is 3. The first kappa shape index (κ1) is 18.4. The van der Waals surface area contributed by atoms with Crippen molar-refractivity contribution in [1.82, 2.24) is 25.3 Å². The Balaban J connectivity index is 1.61. The summed E-state index contributed by atoms with van der Waals surface area (Å²) >= 11 is 0. The van der Waals surface area contributed by atoms with E-state index in [-0.39, 0.29) is 17.8 Å². The zero-order valence-corrected chi connectivity index (χ0v) is 15.3. The van der Waals surface area contributed by atoms with Crippen molar-refractivity contribution < 1.29 is 9.53 Å². The topological polar surface area (TPSA) is 119 Å². The third-order valence-electron chi connectivity index (χ3n) is 3.88. The third kappa shape index (κ3) is 4.41. The van der Waals surface area contributed by atoms with Crippen molar-refractivity contribution in [1.29, 1.82) is 0 Å². The Hall–Kier alpha value is -3.42. The first-order valence-electron chi connectivity index (χ1n) is 8.73. The summed E-state index contributed by atoms with van der Waals surface area (Å²) in [6.07, 6.45) is 9.37. The fraction of sp³-hybridized carbons (Fsp3) is 0.263. The van der Waals surface area contributed by atoms with Crippen molar-refractivity contribution in [3.8, 4) is 5.75 Å². The summed E-state index contributed by atoms with van der Waals surface area (Å²) in [5, 5.41) is 2.91. The molecule has 0 unspecified atom stereocenters. The van der Waals surface area contributed by atoms with Gasteiger partial charge in [0.2, 0.25) is 0 Å². The van der Waals surface area contributed by atoms with Crippen molar-refractivity contribution in [3.63, 3.8) is 0 Å². The first-order chi connectivity index (χ1) is 13.1. The van der Waals surface area contributed by atoms with Crippen LogP contribution in [0.2, 0.25) is 0 Å². The molecule has 3 aromatic heterocycles. The molecule has 3 rings (SSSR count). The van der Waals surface area contributed by atoms with Gasteiger partial charge >= 0.3 is 0 Å². The maximum atomic E-state index is 12.3. The van der Waals surface area contributed by atoms with E-state index in [9.17, 15) is 4.79 Å². The molecule has 3 heterocycles. The van der Waals surface area contributed by atoms with Crippen LogP contribution in [0, 0.1) is 0 Å². The van der Waals surface area contributed by atoms with Crippen LogP contribution >= 0.6 is 0 Å². The fourth-order valence-electron chi connectivity index (χ4n) is 2.61. The minimum absolute atomic E-state index is 0.0838. The van der Waals surface area contributed by atoms with Crippen LogP contribution in [0.25, 0.3) is 17.2 Å². The Kier molecular flexibility index (Phi) is 5.65. The number of amides is 1. The summed E-state index contributed by atoms with van der Waals surface area (Å²) in [5.41, 5.74) is 8.46. The van der Waals surface area contributed by atoms with E-state index >= 15 is 0 Å². The smallest absolute Gasteiger partial charge is 0.287 e. The molecule has 8 nitrogen and oxygen atoms in total. The standard InChI is InChI=1S/C19H22N6O2/c1-3-27-16-13(10-21-11-14(16)20)7-4-6-12(2)23-19(26)18-24-15-8-5-9-22-17(15)25-18/h4-5,7-12H,3,6,20H2,1-2H3,(H,23,26)(H,22,24,25)/b7-4+/t12-/m0/s1. The Morgan fingerprint density at radius 2 is 2.30 bits per heavy atom. The lowest BCUT2D eigenvalue weighted by molar-refractivity contribution is 0.0931. The average Bonchev–Trinajstić information content (AvgIpc) is 3.09. The van der Waals surface area contributed by atoms with E-state index < -0.39 is 0 Å². The molecule has 0 radical (unpaired) electrons. The van der Waals surface area contributed by atoms with Gasteiger partial charge in [0, 0.05) is 24.0 Å². The second-order valence-corrected chi connectivity index (χ2v) is 6.05. The Morgan fingerprint density at radius 1 is 1.44 bits per heavy atom. The Bertz CT molecular complexity index is 933. The minimum Gasteiger partial charge on any atom is -0.491 e. The van der Waals surface area contributed by atoms with E-state index in [4.69, 9.17) is 10.5 Å². The van der Waals surface area contributed by atoms with E-state index in [0.717, 1.165) is 11.1 Å². The quantitative estimate of drug-likeness (QED) is 0.591. The van der Waals surface area contributed by atoms with E-state index in [1.807, 2.05) is 32.1 Å². The molecular weight excluding hydrogens is 344 g/mol. The summed E-state index contributed by atoms with van der Waals surface area (Å²) in [7, 11) is 0. The highest BCUT2D eigenvalue weighted by molar-refractivity contribution is 5.93. The molecule has 0 spiro atoms. The SMILES string of the molecule is CCOc1c(N)cncc1/C=C/C[C@H](C)NC(=O)c1nc2ncccc2[nH]1. The van der Waals surface area contributed by atoms with Gasteiger partial charge in [-0.3, -0.25) is 9.78 Å². The molecule has 1 atom stereocenters. The summed E-state index contributed by atoms with van der Waals surface area (Å²) in [5.74, 6) is 0.600. The number of nitrogens with one attached hydrogen (secondary N) is 2. The number of nitrogens with two attached hydrogens (primary N) is 1. The van der Waals surface area contributed by atoms with Gasteiger partial charge in [-0.05, 0) is 32.4 Å². The van der Waals surface area contributed by atoms with Crippen molar-refractivity contribution in [2.45, 2.75) is 26.3 Å². The maximum Gasteiger partial charge on any atom is 0.287 e. The van der Waals surface area contributed by atoms with Gasteiger partial charge in [0.25, 0.3) is 5.91 Å². The van der Waals surface area contributed by atoms with Crippen molar-refractivity contribution in [2.75, 3.05) is 12.3 Å². The van der Waals surface area contributed by atoms with E-state index in [2.05, 4.69) is 25.3 Å². The van der Waals surface area contributed by atoms with Crippen molar-refractivity contribution >= 4 is 28.8 Å². The molecule has 0 bridgehead atoms. The van der Waals surface area contributed by atoms with Gasteiger partial charge in [-0.25, -0.2) is 9.97 Å². The van der Waals surface area contributed by atoms with Crippen LogP contribution in [-0.4, -0.2) is 38.5 Å². The molecule has 0 fully saturated rings. The fourth-order valence-corrected chi connectivity index (χ4v) is 2.61. The van der Waals surface area contributed by atoms with E-state index in [1.54, 1.807) is 24.7 Å². The number of nitrogens with zero attached hydrogens (tertiary/aromatic N) is 3. The molecular formula is C19H22N6O2. The van der Waals surface area contributed by atoms with Gasteiger partial charge in [-0.2, -0.15) is 0 Å². The number of ether oxygens (including phenoxy) is 1. The van der Waals surface area contributed by atoms with Gasteiger partial charge < -0.3 is 20.8 Å². The monoisotopic (exact) mass is 366 g/mol. The number of carbonyl (C=O) groups is 1. The molecule has 1 amide bonds. The molecule has 0 aromatic carbocycles. The number of aromatic amines is 1. The molecule has 0 saturated carbocycles. The van der Waals surface area contributed by atoms with Gasteiger partial charge in [0.1, 0.15) is 0 Å². The van der Waals surface area contributed by atoms with Crippen LogP contribution in [0.4, 0.5) is 5.69 Å². The summed E-state index contributed by atoms with van der Waals surface area (Å²) in [6, 6.07) is 3.53. The summed E-state index contributed by atoms with van der Waals surface area (Å²) < 4.78 is 5.57. The van der Waals surface area contributed by atoms with Crippen LogP contribution in [0.1, 0.15) is 36.5 Å². The molecule has 0 saturated heterocycles. The largest absolute Gasteiger partial charge is 0.491 e. The van der Waals surface area contributed by atoms with E-state index in [0.29, 0.717) is 30.1 Å². The van der Waals surface area contributed by atoms with Gasteiger partial charge in [0.15, 0.2) is 17.2 Å². The summed E-state index contributed by atoms with van der Waals surface area (Å²) in [4.78, 5) is 27.7. The average molecular weight is 366 g/mol. The van der Waals surface area contributed by atoms with Crippen molar-refractivity contribution in [3.05, 3.63) is 48.2 Å². The van der Waals surface area contributed by atoms with Crippen LogP contribution in [0.3, 0.4) is 0 Å². The molecule has 0 aliphatic rings. The number of hydrogen-bond acceptors (Lipinski definition) is 6. The van der Waals surface area contributed by atoms with Gasteiger partial charge in [-0.1, -0.05) is 12.2 Å². The molecule has 27 heavy (non-hydrogen) atoms. The number of imidazole rings is 1. The number of H-pyrrole nitrogens is 1. The van der Waals surface area contributed by atoms with Crippen LogP contribution in [-0.2, 0) is 0 Å². The van der Waals surface area contributed by atoms with Crippen molar-refractivity contribution in [2.24, 2.45) is 0 Å².